The highest BCUT2D eigenvalue weighted by molar-refractivity contribution is 5.86. The topological polar surface area (TPSA) is 42.7 Å². The van der Waals surface area contributed by atoms with Crippen molar-refractivity contribution in [3.63, 3.8) is 0 Å². The predicted molar refractivity (Wildman–Crippen MR) is 66.5 cm³/mol. The lowest BCUT2D eigenvalue weighted by Crippen LogP contribution is -2.30. The summed E-state index contributed by atoms with van der Waals surface area (Å²) in [6.45, 7) is 5.32. The lowest BCUT2D eigenvalue weighted by molar-refractivity contribution is -0.138. The largest absolute Gasteiger partial charge is 0.465 e. The van der Waals surface area contributed by atoms with Gasteiger partial charge in [-0.25, -0.2) is 4.79 Å². The molecule has 0 unspecified atom stereocenters. The number of furan rings is 1. The van der Waals surface area contributed by atoms with E-state index in [1.807, 2.05) is 7.05 Å². The second kappa shape index (κ2) is 6.91. The van der Waals surface area contributed by atoms with E-state index in [9.17, 15) is 4.79 Å². The van der Waals surface area contributed by atoms with E-state index < -0.39 is 0 Å². The molecule has 0 bridgehead atoms. The van der Waals surface area contributed by atoms with Crippen molar-refractivity contribution >= 4 is 12.0 Å². The maximum atomic E-state index is 11.3. The second-order valence-corrected chi connectivity index (χ2v) is 4.09. The van der Waals surface area contributed by atoms with Gasteiger partial charge in [-0.1, -0.05) is 0 Å². The van der Waals surface area contributed by atoms with Crippen LogP contribution < -0.4 is 0 Å². The number of esters is 1. The van der Waals surface area contributed by atoms with E-state index in [0.29, 0.717) is 18.4 Å². The van der Waals surface area contributed by atoms with E-state index in [-0.39, 0.29) is 5.97 Å². The zero-order valence-electron chi connectivity index (χ0n) is 10.6. The minimum atomic E-state index is -0.349. The zero-order chi connectivity index (χ0) is 12.7. The fourth-order valence-corrected chi connectivity index (χ4v) is 1.13. The molecule has 94 valence electrons. The van der Waals surface area contributed by atoms with Gasteiger partial charge in [-0.2, -0.15) is 0 Å². The van der Waals surface area contributed by atoms with Gasteiger partial charge in [-0.3, -0.25) is 0 Å². The molecule has 4 nitrogen and oxygen atoms in total. The second-order valence-electron chi connectivity index (χ2n) is 4.09. The molecule has 1 rings (SSSR count). The standard InChI is InChI=1S/C13H19NO3/c1-11(2)14(3)8-10-17-13(15)7-6-12-5-4-9-16-12/h4-7,9,11H,8,10H2,1-3H3/b7-6+. The first-order chi connectivity index (χ1) is 8.09. The van der Waals surface area contributed by atoms with Crippen molar-refractivity contribution in [2.24, 2.45) is 0 Å². The van der Waals surface area contributed by atoms with Crippen LogP contribution in [0.5, 0.6) is 0 Å². The Kier molecular flexibility index (Phi) is 5.49. The van der Waals surface area contributed by atoms with Crippen LogP contribution >= 0.6 is 0 Å². The first kappa shape index (κ1) is 13.5. The van der Waals surface area contributed by atoms with Gasteiger partial charge in [0.05, 0.1) is 6.26 Å². The first-order valence-electron chi connectivity index (χ1n) is 5.68. The summed E-state index contributed by atoms with van der Waals surface area (Å²) in [6.07, 6.45) is 4.52. The summed E-state index contributed by atoms with van der Waals surface area (Å²) in [7, 11) is 2.00. The van der Waals surface area contributed by atoms with Gasteiger partial charge in [-0.15, -0.1) is 0 Å². The third kappa shape index (κ3) is 5.36. The molecule has 0 aliphatic carbocycles. The van der Waals surface area contributed by atoms with Crippen LogP contribution in [-0.4, -0.2) is 37.1 Å². The molecule has 0 fully saturated rings. The fraction of sp³-hybridized carbons (Fsp3) is 0.462. The Morgan fingerprint density at radius 1 is 1.59 bits per heavy atom. The average molecular weight is 237 g/mol. The van der Waals surface area contributed by atoms with Crippen LogP contribution in [0.15, 0.2) is 28.9 Å². The molecular formula is C13H19NO3. The summed E-state index contributed by atoms with van der Waals surface area (Å²) >= 11 is 0. The van der Waals surface area contributed by atoms with Gasteiger partial charge in [0, 0.05) is 18.7 Å². The van der Waals surface area contributed by atoms with E-state index in [1.54, 1.807) is 24.5 Å². The number of nitrogens with zero attached hydrogens (tertiary/aromatic N) is 1. The number of carbonyl (C=O) groups excluding carboxylic acids is 1. The summed E-state index contributed by atoms with van der Waals surface area (Å²) in [5.74, 6) is 0.291. The van der Waals surface area contributed by atoms with Crippen LogP contribution in [0.1, 0.15) is 19.6 Å². The van der Waals surface area contributed by atoms with Crippen LogP contribution in [0.2, 0.25) is 0 Å². The molecule has 17 heavy (non-hydrogen) atoms. The highest BCUT2D eigenvalue weighted by atomic mass is 16.5. The number of ether oxygens (including phenoxy) is 1. The summed E-state index contributed by atoms with van der Waals surface area (Å²) in [6, 6.07) is 3.99. The molecule has 0 spiro atoms. The van der Waals surface area contributed by atoms with E-state index >= 15 is 0 Å². The van der Waals surface area contributed by atoms with Gasteiger partial charge >= 0.3 is 5.97 Å². The molecule has 0 aliphatic rings. The summed E-state index contributed by atoms with van der Waals surface area (Å²) in [5.41, 5.74) is 0. The van der Waals surface area contributed by atoms with Gasteiger partial charge in [0.1, 0.15) is 12.4 Å². The van der Waals surface area contributed by atoms with E-state index in [1.165, 1.54) is 6.08 Å². The van der Waals surface area contributed by atoms with E-state index in [2.05, 4.69) is 18.7 Å². The van der Waals surface area contributed by atoms with Crippen LogP contribution in [0.4, 0.5) is 0 Å². The van der Waals surface area contributed by atoms with Crippen molar-refractivity contribution in [1.29, 1.82) is 0 Å². The molecule has 0 aromatic carbocycles. The van der Waals surface area contributed by atoms with Gasteiger partial charge < -0.3 is 14.1 Å². The Balaban J connectivity index is 2.22. The quantitative estimate of drug-likeness (QED) is 0.562. The van der Waals surface area contributed by atoms with Crippen LogP contribution in [0.3, 0.4) is 0 Å². The maximum absolute atomic E-state index is 11.3. The van der Waals surface area contributed by atoms with Gasteiger partial charge in [0.25, 0.3) is 0 Å². The Morgan fingerprint density at radius 2 is 2.35 bits per heavy atom. The van der Waals surface area contributed by atoms with E-state index in [0.717, 1.165) is 6.54 Å². The highest BCUT2D eigenvalue weighted by Crippen LogP contribution is 2.02. The molecule has 4 heteroatoms. The average Bonchev–Trinajstić information content (AvgIpc) is 2.78. The molecule has 1 aromatic rings. The van der Waals surface area contributed by atoms with Gasteiger partial charge in [0.2, 0.25) is 0 Å². The third-order valence-electron chi connectivity index (χ3n) is 2.50. The normalized spacial score (nSPS) is 11.6. The van der Waals surface area contributed by atoms with Gasteiger partial charge in [0.15, 0.2) is 0 Å². The zero-order valence-corrected chi connectivity index (χ0v) is 10.6. The molecule has 0 atom stereocenters. The highest BCUT2D eigenvalue weighted by Gasteiger charge is 2.04. The van der Waals surface area contributed by atoms with Crippen molar-refractivity contribution < 1.29 is 13.9 Å². The van der Waals surface area contributed by atoms with Crippen molar-refractivity contribution in [2.75, 3.05) is 20.2 Å². The third-order valence-corrected chi connectivity index (χ3v) is 2.50. The Labute approximate surface area is 102 Å². The van der Waals surface area contributed by atoms with Crippen LogP contribution in [0.25, 0.3) is 6.08 Å². The lowest BCUT2D eigenvalue weighted by atomic mass is 10.3. The number of likely N-dealkylation sites (N-methyl/N-ethyl adjacent to an activating group) is 1. The number of hydrogen-bond acceptors (Lipinski definition) is 4. The molecule has 0 aliphatic heterocycles. The molecular weight excluding hydrogens is 218 g/mol. The summed E-state index contributed by atoms with van der Waals surface area (Å²) in [5, 5.41) is 0. The summed E-state index contributed by atoms with van der Waals surface area (Å²) in [4.78, 5) is 13.4. The van der Waals surface area contributed by atoms with Crippen molar-refractivity contribution in [1.82, 2.24) is 4.90 Å². The molecule has 0 N–H and O–H groups in total. The number of rotatable bonds is 6. The molecule has 0 saturated carbocycles. The molecule has 1 aromatic heterocycles. The summed E-state index contributed by atoms with van der Waals surface area (Å²) < 4.78 is 10.1. The van der Waals surface area contributed by atoms with E-state index in [4.69, 9.17) is 9.15 Å². The van der Waals surface area contributed by atoms with Crippen molar-refractivity contribution in [3.05, 3.63) is 30.2 Å². The number of carbonyl (C=O) groups is 1. The SMILES string of the molecule is CC(C)N(C)CCOC(=O)/C=C/c1ccco1. The molecule has 0 radical (unpaired) electrons. The van der Waals surface area contributed by atoms with Crippen LogP contribution in [0, 0.1) is 0 Å². The lowest BCUT2D eigenvalue weighted by Gasteiger charge is -2.20. The number of hydrogen-bond donors (Lipinski definition) is 0. The van der Waals surface area contributed by atoms with Crippen molar-refractivity contribution in [3.8, 4) is 0 Å². The molecule has 0 amide bonds. The molecule has 0 saturated heterocycles. The molecule has 1 heterocycles. The Morgan fingerprint density at radius 3 is 2.94 bits per heavy atom. The van der Waals surface area contributed by atoms with Gasteiger partial charge in [-0.05, 0) is 39.1 Å². The first-order valence-corrected chi connectivity index (χ1v) is 5.68. The Hall–Kier alpha value is -1.55. The predicted octanol–water partition coefficient (Wildman–Crippen LogP) is 2.18. The minimum Gasteiger partial charge on any atom is -0.465 e. The Bertz CT molecular complexity index is 355. The van der Waals surface area contributed by atoms with Crippen LogP contribution in [-0.2, 0) is 9.53 Å². The van der Waals surface area contributed by atoms with Crippen molar-refractivity contribution in [2.45, 2.75) is 19.9 Å². The monoisotopic (exact) mass is 237 g/mol. The smallest absolute Gasteiger partial charge is 0.330 e. The maximum Gasteiger partial charge on any atom is 0.330 e. The minimum absolute atomic E-state index is 0.349. The fourth-order valence-electron chi connectivity index (χ4n) is 1.13.